The van der Waals surface area contributed by atoms with Gasteiger partial charge in [0.25, 0.3) is 0 Å². The van der Waals surface area contributed by atoms with Crippen LogP contribution >= 0.6 is 0 Å². The summed E-state index contributed by atoms with van der Waals surface area (Å²) in [6, 6.07) is 57.6. The van der Waals surface area contributed by atoms with E-state index in [9.17, 15) is 4.79 Å². The Kier molecular flexibility index (Phi) is 11.2. The molecule has 2 atom stereocenters. The number of anilines is 1. The molecule has 1 aliphatic rings. The zero-order chi connectivity index (χ0) is 36.3. The topological polar surface area (TPSA) is 48.0 Å². The summed E-state index contributed by atoms with van der Waals surface area (Å²) in [5.74, 6) is 6.90. The molecule has 1 aliphatic heterocycles. The van der Waals surface area contributed by atoms with Gasteiger partial charge in [0.2, 0.25) is 0 Å². The second-order valence-electron chi connectivity index (χ2n) is 12.9. The number of hydrogen-bond acceptors (Lipinski definition) is 4. The molecule has 7 rings (SSSR count). The summed E-state index contributed by atoms with van der Waals surface area (Å²) in [6.45, 7) is 3.21. The van der Waals surface area contributed by atoms with Crippen LogP contribution in [0.2, 0.25) is 0 Å². The van der Waals surface area contributed by atoms with Crippen molar-refractivity contribution in [1.82, 2.24) is 0 Å². The zero-order valence-electron chi connectivity index (χ0n) is 29.7. The fourth-order valence-corrected chi connectivity index (χ4v) is 6.85. The summed E-state index contributed by atoms with van der Waals surface area (Å²) in [4.78, 5) is 15.6. The molecule has 262 valence electrons. The minimum absolute atomic E-state index is 0.0856. The van der Waals surface area contributed by atoms with Gasteiger partial charge in [-0.1, -0.05) is 176 Å². The van der Waals surface area contributed by atoms with Gasteiger partial charge >= 0.3 is 6.09 Å². The zero-order valence-corrected chi connectivity index (χ0v) is 29.7. The van der Waals surface area contributed by atoms with Crippen LogP contribution in [-0.2, 0) is 21.7 Å². The normalized spacial score (nSPS) is 14.2. The van der Waals surface area contributed by atoms with Crippen molar-refractivity contribution in [2.24, 2.45) is 5.92 Å². The van der Waals surface area contributed by atoms with Crippen LogP contribution in [0.1, 0.15) is 34.7 Å². The Hall–Kier alpha value is -6.19. The maximum atomic E-state index is 14.0. The SMILES string of the molecule is C[C@H](COC(c1ccccc1)(c1ccccc1)c1ccccc1)C1=C[C@H](C#CCOCc2ccccc2)N(C(=O)Oc2ccccc2)c2ccccc21. The highest BCUT2D eigenvalue weighted by Gasteiger charge is 2.39. The van der Waals surface area contributed by atoms with E-state index in [4.69, 9.17) is 14.2 Å². The molecule has 0 N–H and O–H groups in total. The molecule has 0 radical (unpaired) electrons. The molecular formula is C48H41NO4. The molecule has 0 aromatic heterocycles. The Labute approximate surface area is 312 Å². The van der Waals surface area contributed by atoms with Crippen LogP contribution in [0.4, 0.5) is 10.5 Å². The molecular weight excluding hydrogens is 655 g/mol. The third-order valence-electron chi connectivity index (χ3n) is 9.39. The Morgan fingerprint density at radius 3 is 1.77 bits per heavy atom. The van der Waals surface area contributed by atoms with Crippen LogP contribution in [0.3, 0.4) is 0 Å². The van der Waals surface area contributed by atoms with Gasteiger partial charge in [-0.05, 0) is 52.1 Å². The number of hydrogen-bond donors (Lipinski definition) is 0. The van der Waals surface area contributed by atoms with Crippen LogP contribution < -0.4 is 9.64 Å². The number of carbonyl (C=O) groups is 1. The first-order chi connectivity index (χ1) is 26.1. The molecule has 53 heavy (non-hydrogen) atoms. The van der Waals surface area contributed by atoms with Gasteiger partial charge in [-0.15, -0.1) is 0 Å². The lowest BCUT2D eigenvalue weighted by Crippen LogP contribution is -2.43. The molecule has 1 heterocycles. The van der Waals surface area contributed by atoms with E-state index in [2.05, 4.69) is 97.6 Å². The van der Waals surface area contributed by atoms with Gasteiger partial charge in [0, 0.05) is 11.5 Å². The number of para-hydroxylation sites is 2. The molecule has 0 unspecified atom stereocenters. The first kappa shape index (κ1) is 35.2. The predicted octanol–water partition coefficient (Wildman–Crippen LogP) is 10.3. The molecule has 0 saturated carbocycles. The van der Waals surface area contributed by atoms with Gasteiger partial charge in [-0.25, -0.2) is 4.79 Å². The van der Waals surface area contributed by atoms with E-state index in [0.29, 0.717) is 19.0 Å². The van der Waals surface area contributed by atoms with Crippen molar-refractivity contribution in [3.63, 3.8) is 0 Å². The molecule has 6 aromatic carbocycles. The van der Waals surface area contributed by atoms with E-state index in [-0.39, 0.29) is 12.5 Å². The minimum atomic E-state index is -0.867. The third kappa shape index (κ3) is 8.00. The average molecular weight is 696 g/mol. The molecule has 1 amide bonds. The van der Waals surface area contributed by atoms with Crippen molar-refractivity contribution in [3.8, 4) is 17.6 Å². The van der Waals surface area contributed by atoms with Crippen LogP contribution in [-0.4, -0.2) is 25.3 Å². The van der Waals surface area contributed by atoms with Crippen LogP contribution in [0.15, 0.2) is 182 Å². The molecule has 0 spiro atoms. The monoisotopic (exact) mass is 695 g/mol. The Balaban J connectivity index is 1.23. The van der Waals surface area contributed by atoms with Gasteiger partial charge in [0.15, 0.2) is 0 Å². The maximum Gasteiger partial charge on any atom is 0.421 e. The quantitative estimate of drug-likeness (QED) is 0.0769. The number of fused-ring (bicyclic) bond motifs is 1. The molecule has 5 nitrogen and oxygen atoms in total. The molecule has 0 saturated heterocycles. The summed E-state index contributed by atoms with van der Waals surface area (Å²) < 4.78 is 19.1. The summed E-state index contributed by atoms with van der Waals surface area (Å²) >= 11 is 0. The van der Waals surface area contributed by atoms with Crippen molar-refractivity contribution in [2.45, 2.75) is 25.2 Å². The van der Waals surface area contributed by atoms with Gasteiger partial charge in [-0.2, -0.15) is 0 Å². The van der Waals surface area contributed by atoms with Crippen molar-refractivity contribution >= 4 is 17.4 Å². The number of nitrogens with zero attached hydrogens (tertiary/aromatic N) is 1. The fourth-order valence-electron chi connectivity index (χ4n) is 6.85. The fraction of sp³-hybridized carbons (Fsp3) is 0.146. The lowest BCUT2D eigenvalue weighted by molar-refractivity contribution is 0.00318. The van der Waals surface area contributed by atoms with Crippen LogP contribution in [0, 0.1) is 17.8 Å². The van der Waals surface area contributed by atoms with E-state index in [1.165, 1.54) is 0 Å². The average Bonchev–Trinajstić information content (AvgIpc) is 3.22. The minimum Gasteiger partial charge on any atom is -0.410 e. The standard InChI is InChI=1S/C48H41NO4/c1-37(35-52-48(39-22-9-3-10-23-39,40-24-11-4-12-25-40)41-26-13-5-14-27-41)45-34-42(28-19-33-51-36-38-20-7-2-8-21-38)49(46-32-18-17-31-44(45)46)47(50)53-43-29-15-6-16-30-43/h2-18,20-27,29-32,34,37,42H,33,35-36H2,1H3/t37-,42+/m1/s1. The van der Waals surface area contributed by atoms with E-state index in [0.717, 1.165) is 39.1 Å². The number of carbonyl (C=O) groups excluding carboxylic acids is 1. The first-order valence-corrected chi connectivity index (χ1v) is 17.9. The van der Waals surface area contributed by atoms with Gasteiger partial charge in [-0.3, -0.25) is 4.90 Å². The highest BCUT2D eigenvalue weighted by molar-refractivity contribution is 5.98. The number of amides is 1. The van der Waals surface area contributed by atoms with Crippen molar-refractivity contribution in [3.05, 3.63) is 210 Å². The summed E-state index contributed by atoms with van der Waals surface area (Å²) in [7, 11) is 0. The predicted molar refractivity (Wildman–Crippen MR) is 211 cm³/mol. The van der Waals surface area contributed by atoms with Gasteiger partial charge in [0.05, 0.1) is 18.9 Å². The summed E-state index contributed by atoms with van der Waals surface area (Å²) in [5.41, 5.74) is 6.01. The molecule has 5 heteroatoms. The van der Waals surface area contributed by atoms with Gasteiger partial charge in [0.1, 0.15) is 24.0 Å². The Bertz CT molecular complexity index is 2080. The molecule has 0 fully saturated rings. The highest BCUT2D eigenvalue weighted by atomic mass is 16.6. The molecule has 0 aliphatic carbocycles. The smallest absolute Gasteiger partial charge is 0.410 e. The second kappa shape index (κ2) is 16.9. The number of ether oxygens (including phenoxy) is 3. The number of benzene rings is 6. The van der Waals surface area contributed by atoms with Crippen molar-refractivity contribution < 1.29 is 19.0 Å². The summed E-state index contributed by atoms with van der Waals surface area (Å²) in [6.07, 6.45) is 1.56. The highest BCUT2D eigenvalue weighted by Crippen LogP contribution is 2.43. The Morgan fingerprint density at radius 2 is 1.19 bits per heavy atom. The number of rotatable bonds is 11. The second-order valence-corrected chi connectivity index (χ2v) is 12.9. The Morgan fingerprint density at radius 1 is 0.679 bits per heavy atom. The van der Waals surface area contributed by atoms with Gasteiger partial charge < -0.3 is 14.2 Å². The third-order valence-corrected chi connectivity index (χ3v) is 9.39. The largest absolute Gasteiger partial charge is 0.421 e. The van der Waals surface area contributed by atoms with Crippen LogP contribution in [0.25, 0.3) is 5.57 Å². The molecule has 6 aromatic rings. The van der Waals surface area contributed by atoms with Crippen molar-refractivity contribution in [1.29, 1.82) is 0 Å². The first-order valence-electron chi connectivity index (χ1n) is 17.9. The lowest BCUT2D eigenvalue weighted by atomic mass is 9.79. The molecule has 0 bridgehead atoms. The van der Waals surface area contributed by atoms with E-state index >= 15 is 0 Å². The van der Waals surface area contributed by atoms with E-state index < -0.39 is 17.7 Å². The van der Waals surface area contributed by atoms with Crippen LogP contribution in [0.5, 0.6) is 5.75 Å². The van der Waals surface area contributed by atoms with Crippen molar-refractivity contribution in [2.75, 3.05) is 18.1 Å². The van der Waals surface area contributed by atoms with E-state index in [1.807, 2.05) is 91.0 Å². The lowest BCUT2D eigenvalue weighted by Gasteiger charge is -2.38. The van der Waals surface area contributed by atoms with E-state index in [1.54, 1.807) is 17.0 Å². The maximum absolute atomic E-state index is 14.0. The summed E-state index contributed by atoms with van der Waals surface area (Å²) in [5, 5.41) is 0.